The van der Waals surface area contributed by atoms with Gasteiger partial charge in [0.2, 0.25) is 5.78 Å². The molecular formula is C38H55N3O4. The van der Waals surface area contributed by atoms with Crippen LogP contribution < -0.4 is 0 Å². The van der Waals surface area contributed by atoms with Crippen molar-refractivity contribution in [1.29, 1.82) is 0 Å². The largest absolute Gasteiger partial charge is 0.504 e. The first-order chi connectivity index (χ1) is 21.0. The van der Waals surface area contributed by atoms with Gasteiger partial charge in [-0.05, 0) is 131 Å². The standard InChI is InChI=1S/C38H55N3O4/c1-25-26-11-12-29-36(4,27(26)23-28(42)31(25)43)16-18-38(6)30-24-35(3,15-13-34(30,2)14-17-37(29,38)5)40(8)33(45)32(44)39(7)19-9-20-41-21-10-22-41/h11-12,23,30,43H,9-10,13-22,24H2,1-8H3/t30-,34-,35-,36+,37-,38+/m1/s1. The highest BCUT2D eigenvalue weighted by Crippen LogP contribution is 2.75. The van der Waals surface area contributed by atoms with Crippen molar-refractivity contribution in [1.82, 2.24) is 14.7 Å². The van der Waals surface area contributed by atoms with Crippen LogP contribution in [0.1, 0.15) is 99.3 Å². The second-order valence-electron chi connectivity index (χ2n) is 16.7. The van der Waals surface area contributed by atoms with Crippen molar-refractivity contribution >= 4 is 17.6 Å². The maximum atomic E-state index is 13.7. The molecule has 3 saturated carbocycles. The van der Waals surface area contributed by atoms with Gasteiger partial charge in [-0.15, -0.1) is 0 Å². The van der Waals surface area contributed by atoms with Gasteiger partial charge in [-0.25, -0.2) is 0 Å². The Kier molecular flexibility index (Phi) is 7.66. The van der Waals surface area contributed by atoms with E-state index in [1.54, 1.807) is 22.9 Å². The van der Waals surface area contributed by atoms with Crippen LogP contribution in [-0.4, -0.2) is 83.2 Å². The van der Waals surface area contributed by atoms with E-state index < -0.39 is 11.4 Å². The first-order valence-corrected chi connectivity index (χ1v) is 17.4. The predicted molar refractivity (Wildman–Crippen MR) is 177 cm³/mol. The highest BCUT2D eigenvalue weighted by molar-refractivity contribution is 6.34. The van der Waals surface area contributed by atoms with Crippen molar-refractivity contribution in [2.24, 2.45) is 27.6 Å². The molecule has 1 N–H and O–H groups in total. The maximum Gasteiger partial charge on any atom is 0.312 e. The first-order valence-electron chi connectivity index (χ1n) is 17.4. The van der Waals surface area contributed by atoms with Crippen molar-refractivity contribution < 1.29 is 19.5 Å². The number of likely N-dealkylation sites (tertiary alicyclic amines) is 1. The topological polar surface area (TPSA) is 81.2 Å². The van der Waals surface area contributed by atoms with Gasteiger partial charge in [-0.1, -0.05) is 45.4 Å². The third-order valence-electron chi connectivity index (χ3n) is 14.4. The second-order valence-corrected chi connectivity index (χ2v) is 16.7. The van der Waals surface area contributed by atoms with Crippen molar-refractivity contribution in [3.63, 3.8) is 0 Å². The summed E-state index contributed by atoms with van der Waals surface area (Å²) in [6.07, 6.45) is 15.3. The Morgan fingerprint density at radius 2 is 1.64 bits per heavy atom. The monoisotopic (exact) mass is 617 g/mol. The molecule has 1 heterocycles. The van der Waals surface area contributed by atoms with Crippen LogP contribution in [-0.2, 0) is 14.4 Å². The highest BCUT2D eigenvalue weighted by Gasteiger charge is 2.67. The number of aliphatic hydroxyl groups excluding tert-OH is 1. The molecule has 246 valence electrons. The van der Waals surface area contributed by atoms with Crippen molar-refractivity contribution in [2.45, 2.75) is 105 Å². The van der Waals surface area contributed by atoms with Gasteiger partial charge in [0.05, 0.1) is 0 Å². The molecule has 6 rings (SSSR count). The Hall–Kier alpha value is -2.67. The number of likely N-dealkylation sites (N-methyl/N-ethyl adjacent to an activating group) is 2. The highest BCUT2D eigenvalue weighted by atomic mass is 16.3. The zero-order valence-corrected chi connectivity index (χ0v) is 29.0. The number of carbonyl (C=O) groups is 3. The molecule has 5 aliphatic carbocycles. The van der Waals surface area contributed by atoms with Gasteiger partial charge in [0.1, 0.15) is 0 Å². The van der Waals surface area contributed by atoms with Crippen LogP contribution in [0.4, 0.5) is 0 Å². The van der Waals surface area contributed by atoms with Crippen molar-refractivity contribution in [3.8, 4) is 0 Å². The Bertz CT molecular complexity index is 1450. The number of aliphatic hydroxyl groups is 1. The number of rotatable bonds is 5. The van der Waals surface area contributed by atoms with E-state index in [1.807, 2.05) is 14.0 Å². The molecule has 1 saturated heterocycles. The summed E-state index contributed by atoms with van der Waals surface area (Å²) in [6, 6.07) is 0. The van der Waals surface area contributed by atoms with E-state index in [4.69, 9.17) is 0 Å². The molecule has 7 nitrogen and oxygen atoms in total. The Labute approximate surface area is 270 Å². The average Bonchev–Trinajstić information content (AvgIpc) is 2.98. The molecule has 6 aliphatic rings. The van der Waals surface area contributed by atoms with E-state index in [0.717, 1.165) is 82.1 Å². The fourth-order valence-corrected chi connectivity index (χ4v) is 10.5. The van der Waals surface area contributed by atoms with Gasteiger partial charge in [0, 0.05) is 37.2 Å². The summed E-state index contributed by atoms with van der Waals surface area (Å²) in [6.45, 7) is 17.7. The van der Waals surface area contributed by atoms with Crippen LogP contribution in [0.5, 0.6) is 0 Å². The molecule has 0 unspecified atom stereocenters. The molecule has 4 fully saturated rings. The molecule has 0 spiro atoms. The van der Waals surface area contributed by atoms with Crippen LogP contribution in [0.15, 0.2) is 46.3 Å². The lowest BCUT2D eigenvalue weighted by Crippen LogP contribution is -2.65. The fourth-order valence-electron chi connectivity index (χ4n) is 10.5. The molecule has 0 aromatic heterocycles. The normalized spacial score (nSPS) is 39.2. The lowest BCUT2D eigenvalue weighted by molar-refractivity contribution is -0.173. The van der Waals surface area contributed by atoms with Gasteiger partial charge in [0.25, 0.3) is 0 Å². The maximum absolute atomic E-state index is 13.7. The molecule has 0 radical (unpaired) electrons. The van der Waals surface area contributed by atoms with Gasteiger partial charge in [0.15, 0.2) is 5.76 Å². The van der Waals surface area contributed by atoms with Crippen molar-refractivity contribution in [3.05, 3.63) is 46.3 Å². The van der Waals surface area contributed by atoms with Gasteiger partial charge in [-0.2, -0.15) is 0 Å². The number of allylic oxidation sites excluding steroid dienone is 7. The smallest absolute Gasteiger partial charge is 0.312 e. The number of hydrogen-bond donors (Lipinski definition) is 1. The first kappa shape index (κ1) is 32.3. The summed E-state index contributed by atoms with van der Waals surface area (Å²) in [5.41, 5.74) is 3.56. The van der Waals surface area contributed by atoms with E-state index in [-0.39, 0.29) is 39.1 Å². The quantitative estimate of drug-likeness (QED) is 0.362. The third kappa shape index (κ3) is 4.64. The minimum Gasteiger partial charge on any atom is -0.504 e. The van der Waals surface area contributed by atoms with E-state index in [1.165, 1.54) is 12.0 Å². The van der Waals surface area contributed by atoms with Crippen LogP contribution in [0.3, 0.4) is 0 Å². The molecule has 1 aliphatic heterocycles. The fraction of sp³-hybridized carbons (Fsp3) is 0.711. The number of hydrogen-bond acceptors (Lipinski definition) is 5. The molecule has 0 aromatic rings. The van der Waals surface area contributed by atoms with Crippen LogP contribution in [0, 0.1) is 27.6 Å². The minimum atomic E-state index is -0.400. The third-order valence-corrected chi connectivity index (χ3v) is 14.4. The summed E-state index contributed by atoms with van der Waals surface area (Å²) >= 11 is 0. The lowest BCUT2D eigenvalue weighted by atomic mass is 9.35. The zero-order valence-electron chi connectivity index (χ0n) is 29.0. The van der Waals surface area contributed by atoms with Gasteiger partial charge in [-0.3, -0.25) is 14.4 Å². The molecule has 6 atom stereocenters. The average molecular weight is 618 g/mol. The number of nitrogens with zero attached hydrogens (tertiary/aromatic N) is 3. The molecule has 7 heteroatoms. The molecule has 0 bridgehead atoms. The van der Waals surface area contributed by atoms with Crippen LogP contribution in [0.2, 0.25) is 0 Å². The van der Waals surface area contributed by atoms with E-state index in [2.05, 4.69) is 51.7 Å². The number of fused-ring (bicyclic) bond motifs is 7. The summed E-state index contributed by atoms with van der Waals surface area (Å²) in [5, 5.41) is 10.4. The van der Waals surface area contributed by atoms with Crippen LogP contribution in [0.25, 0.3) is 0 Å². The number of carbonyl (C=O) groups excluding carboxylic acids is 3. The molecule has 2 amide bonds. The van der Waals surface area contributed by atoms with E-state index in [0.29, 0.717) is 18.0 Å². The molecule has 0 aromatic carbocycles. The van der Waals surface area contributed by atoms with Gasteiger partial charge < -0.3 is 19.8 Å². The molecule has 45 heavy (non-hydrogen) atoms. The number of amides is 2. The lowest BCUT2D eigenvalue weighted by Gasteiger charge is -2.70. The number of ketones is 1. The summed E-state index contributed by atoms with van der Waals surface area (Å²) in [5.74, 6) is -0.832. The van der Waals surface area contributed by atoms with Gasteiger partial charge >= 0.3 is 11.8 Å². The minimum absolute atomic E-state index is 0.00777. The second kappa shape index (κ2) is 10.7. The summed E-state index contributed by atoms with van der Waals surface area (Å²) < 4.78 is 0. The molecular weight excluding hydrogens is 562 g/mol. The van der Waals surface area contributed by atoms with Crippen LogP contribution >= 0.6 is 0 Å². The summed E-state index contributed by atoms with van der Waals surface area (Å²) in [4.78, 5) is 45.7. The summed E-state index contributed by atoms with van der Waals surface area (Å²) in [7, 11) is 3.62. The Balaban J connectivity index is 1.26. The zero-order chi connectivity index (χ0) is 32.7. The SMILES string of the molecule is CC1=C(O)C(=O)C=C2C1=CC=C1[C@@]2(C)CC[C@@]2(C)[C@@H]3C[C@](C)(N(C)C(=O)C(=O)N(C)CCCN4CCC4)CC[C@]3(C)CC[C@]12C. The Morgan fingerprint density at radius 1 is 0.956 bits per heavy atom. The van der Waals surface area contributed by atoms with Crippen molar-refractivity contribution in [2.75, 3.05) is 40.3 Å². The predicted octanol–water partition coefficient (Wildman–Crippen LogP) is 6.38. The van der Waals surface area contributed by atoms with E-state index in [9.17, 15) is 19.5 Å². The van der Waals surface area contributed by atoms with E-state index >= 15 is 0 Å². The Morgan fingerprint density at radius 3 is 2.31 bits per heavy atom.